The van der Waals surface area contributed by atoms with Crippen LogP contribution in [-0.4, -0.2) is 29.9 Å². The first-order chi connectivity index (χ1) is 9.59. The molecule has 0 radical (unpaired) electrons. The first-order valence-electron chi connectivity index (χ1n) is 6.78. The molecule has 1 aromatic rings. The van der Waals surface area contributed by atoms with Gasteiger partial charge in [0.05, 0.1) is 11.3 Å². The minimum absolute atomic E-state index is 0.0596. The Morgan fingerprint density at radius 1 is 1.25 bits per heavy atom. The predicted molar refractivity (Wildman–Crippen MR) is 76.5 cm³/mol. The molecule has 0 bridgehead atoms. The molecule has 6 heteroatoms. The number of nitrogen functional groups attached to an aromatic ring is 1. The van der Waals surface area contributed by atoms with Crippen molar-refractivity contribution in [2.45, 2.75) is 25.7 Å². The third-order valence-electron chi connectivity index (χ3n) is 3.42. The summed E-state index contributed by atoms with van der Waals surface area (Å²) in [4.78, 5) is 13.9. The number of likely N-dealkylation sites (tertiary alicyclic amines) is 1. The summed E-state index contributed by atoms with van der Waals surface area (Å²) in [6.07, 6.45) is 4.22. The second-order valence-electron chi connectivity index (χ2n) is 4.91. The Bertz CT molecular complexity index is 510. The van der Waals surface area contributed by atoms with E-state index in [-0.39, 0.29) is 17.3 Å². The Labute approximate surface area is 117 Å². The van der Waals surface area contributed by atoms with Crippen molar-refractivity contribution in [2.75, 3.05) is 18.4 Å². The Kier molecular flexibility index (Phi) is 4.55. The summed E-state index contributed by atoms with van der Waals surface area (Å²) in [7, 11) is 0. The van der Waals surface area contributed by atoms with E-state index in [1.165, 1.54) is 12.1 Å². The molecule has 0 unspecified atom stereocenters. The van der Waals surface area contributed by atoms with E-state index < -0.39 is 11.7 Å². The second kappa shape index (κ2) is 6.36. The molecule has 1 aromatic carbocycles. The summed E-state index contributed by atoms with van der Waals surface area (Å²) >= 11 is 0. The van der Waals surface area contributed by atoms with Gasteiger partial charge in [0.15, 0.2) is 0 Å². The molecular weight excluding hydrogens is 259 g/mol. The number of nitrogens with zero attached hydrogens (tertiary/aromatic N) is 1. The maximum absolute atomic E-state index is 13.7. The molecule has 2 amide bonds. The van der Waals surface area contributed by atoms with Gasteiger partial charge in [-0.2, -0.15) is 0 Å². The van der Waals surface area contributed by atoms with Crippen LogP contribution in [0.15, 0.2) is 18.2 Å². The fraction of sp³-hybridized carbons (Fsp3) is 0.429. The van der Waals surface area contributed by atoms with E-state index in [2.05, 4.69) is 5.32 Å². The van der Waals surface area contributed by atoms with Gasteiger partial charge in [-0.1, -0.05) is 18.9 Å². The van der Waals surface area contributed by atoms with Crippen LogP contribution in [0.5, 0.6) is 0 Å². The second-order valence-corrected chi connectivity index (χ2v) is 4.91. The zero-order valence-corrected chi connectivity index (χ0v) is 11.3. The maximum Gasteiger partial charge on any atom is 0.321 e. The standard InChI is InChI=1S/C14H19FN4O/c15-10-6-5-7-11(12(10)13(16)17)18-14(20)19-8-3-1-2-4-9-19/h5-7H,1-4,8-9H2,(H3,16,17)(H,18,20). The van der Waals surface area contributed by atoms with E-state index >= 15 is 0 Å². The number of nitrogens with two attached hydrogens (primary N) is 1. The number of rotatable bonds is 2. The van der Waals surface area contributed by atoms with E-state index in [1.807, 2.05) is 0 Å². The highest BCUT2D eigenvalue weighted by Gasteiger charge is 2.18. The summed E-state index contributed by atoms with van der Waals surface area (Å²) in [6, 6.07) is 3.99. The number of halogens is 1. The van der Waals surface area contributed by atoms with E-state index in [9.17, 15) is 9.18 Å². The molecule has 1 fully saturated rings. The Hall–Kier alpha value is -2.11. The topological polar surface area (TPSA) is 82.2 Å². The number of nitrogens with one attached hydrogen (secondary N) is 2. The Morgan fingerprint density at radius 3 is 2.50 bits per heavy atom. The monoisotopic (exact) mass is 278 g/mol. The Morgan fingerprint density at radius 2 is 1.90 bits per heavy atom. The van der Waals surface area contributed by atoms with Crippen LogP contribution in [0, 0.1) is 11.2 Å². The summed E-state index contributed by atoms with van der Waals surface area (Å²) in [5.41, 5.74) is 5.56. The average Bonchev–Trinajstić information content (AvgIpc) is 2.67. The van der Waals surface area contributed by atoms with Crippen molar-refractivity contribution >= 4 is 17.6 Å². The minimum Gasteiger partial charge on any atom is -0.384 e. The molecule has 1 aliphatic heterocycles. The molecule has 1 saturated heterocycles. The number of carbonyl (C=O) groups excluding carboxylic acids is 1. The van der Waals surface area contributed by atoms with Crippen LogP contribution in [0.3, 0.4) is 0 Å². The molecule has 0 aromatic heterocycles. The van der Waals surface area contributed by atoms with Gasteiger partial charge in [0, 0.05) is 13.1 Å². The van der Waals surface area contributed by atoms with E-state index in [1.54, 1.807) is 11.0 Å². The van der Waals surface area contributed by atoms with Crippen LogP contribution in [-0.2, 0) is 0 Å². The smallest absolute Gasteiger partial charge is 0.321 e. The van der Waals surface area contributed by atoms with Crippen LogP contribution < -0.4 is 11.1 Å². The maximum atomic E-state index is 13.7. The minimum atomic E-state index is -0.605. The first kappa shape index (κ1) is 14.3. The van der Waals surface area contributed by atoms with Crippen molar-refractivity contribution in [1.82, 2.24) is 4.90 Å². The molecule has 5 nitrogen and oxygen atoms in total. The quantitative estimate of drug-likeness (QED) is 0.574. The number of amides is 2. The van der Waals surface area contributed by atoms with Gasteiger partial charge in [0.1, 0.15) is 11.7 Å². The lowest BCUT2D eigenvalue weighted by atomic mass is 10.1. The third-order valence-corrected chi connectivity index (χ3v) is 3.42. The average molecular weight is 278 g/mol. The molecular formula is C14H19FN4O. The molecule has 1 aliphatic rings. The van der Waals surface area contributed by atoms with Crippen molar-refractivity contribution in [3.05, 3.63) is 29.6 Å². The normalized spacial score (nSPS) is 15.6. The van der Waals surface area contributed by atoms with Crippen molar-refractivity contribution in [3.63, 3.8) is 0 Å². The molecule has 20 heavy (non-hydrogen) atoms. The highest BCUT2D eigenvalue weighted by molar-refractivity contribution is 6.04. The molecule has 108 valence electrons. The van der Waals surface area contributed by atoms with Crippen molar-refractivity contribution in [1.29, 1.82) is 5.41 Å². The molecule has 1 heterocycles. The van der Waals surface area contributed by atoms with E-state index in [4.69, 9.17) is 11.1 Å². The fourth-order valence-corrected chi connectivity index (χ4v) is 2.37. The van der Waals surface area contributed by atoms with E-state index in [0.29, 0.717) is 13.1 Å². The molecule has 2 rings (SSSR count). The fourth-order valence-electron chi connectivity index (χ4n) is 2.37. The van der Waals surface area contributed by atoms with Gasteiger partial charge in [0.25, 0.3) is 0 Å². The number of hydrogen-bond acceptors (Lipinski definition) is 2. The van der Waals surface area contributed by atoms with Crippen LogP contribution >= 0.6 is 0 Å². The van der Waals surface area contributed by atoms with Gasteiger partial charge < -0.3 is 16.0 Å². The number of hydrogen-bond donors (Lipinski definition) is 3. The van der Waals surface area contributed by atoms with Crippen molar-refractivity contribution in [3.8, 4) is 0 Å². The lowest BCUT2D eigenvalue weighted by molar-refractivity contribution is 0.214. The lowest BCUT2D eigenvalue weighted by Gasteiger charge is -2.21. The number of amidine groups is 1. The molecule has 0 saturated carbocycles. The predicted octanol–water partition coefficient (Wildman–Crippen LogP) is 2.52. The third kappa shape index (κ3) is 3.26. The largest absolute Gasteiger partial charge is 0.384 e. The number of benzene rings is 1. The highest BCUT2D eigenvalue weighted by Crippen LogP contribution is 2.19. The molecule has 0 aliphatic carbocycles. The lowest BCUT2D eigenvalue weighted by Crippen LogP contribution is -2.36. The highest BCUT2D eigenvalue weighted by atomic mass is 19.1. The van der Waals surface area contributed by atoms with Gasteiger partial charge in [0.2, 0.25) is 0 Å². The van der Waals surface area contributed by atoms with Crippen LogP contribution in [0.25, 0.3) is 0 Å². The van der Waals surface area contributed by atoms with Gasteiger partial charge in [-0.3, -0.25) is 5.41 Å². The summed E-state index contributed by atoms with van der Waals surface area (Å²) < 4.78 is 13.7. The number of anilines is 1. The van der Waals surface area contributed by atoms with Gasteiger partial charge in [-0.15, -0.1) is 0 Å². The van der Waals surface area contributed by atoms with E-state index in [0.717, 1.165) is 25.7 Å². The van der Waals surface area contributed by atoms with Gasteiger partial charge >= 0.3 is 6.03 Å². The van der Waals surface area contributed by atoms with Crippen molar-refractivity contribution in [2.24, 2.45) is 5.73 Å². The molecule has 0 atom stereocenters. The zero-order valence-electron chi connectivity index (χ0n) is 11.3. The van der Waals surface area contributed by atoms with Crippen LogP contribution in [0.2, 0.25) is 0 Å². The first-order valence-corrected chi connectivity index (χ1v) is 6.78. The summed E-state index contributed by atoms with van der Waals surface area (Å²) in [5.74, 6) is -1.000. The van der Waals surface area contributed by atoms with Gasteiger partial charge in [-0.25, -0.2) is 9.18 Å². The number of carbonyl (C=O) groups is 1. The molecule has 4 N–H and O–H groups in total. The summed E-state index contributed by atoms with van der Waals surface area (Å²) in [6.45, 7) is 1.41. The SMILES string of the molecule is N=C(N)c1c(F)cccc1NC(=O)N1CCCCCC1. The summed E-state index contributed by atoms with van der Waals surface area (Å²) in [5, 5.41) is 10.1. The number of urea groups is 1. The zero-order chi connectivity index (χ0) is 14.5. The van der Waals surface area contributed by atoms with Crippen LogP contribution in [0.4, 0.5) is 14.9 Å². The van der Waals surface area contributed by atoms with Gasteiger partial charge in [-0.05, 0) is 25.0 Å². The molecule has 0 spiro atoms. The Balaban J connectivity index is 2.15. The van der Waals surface area contributed by atoms with Crippen molar-refractivity contribution < 1.29 is 9.18 Å². The van der Waals surface area contributed by atoms with Crippen LogP contribution in [0.1, 0.15) is 31.2 Å².